The van der Waals surface area contributed by atoms with Gasteiger partial charge in [-0.25, -0.2) is 0 Å². The van der Waals surface area contributed by atoms with Crippen molar-refractivity contribution in [3.63, 3.8) is 0 Å². The van der Waals surface area contributed by atoms with Crippen molar-refractivity contribution in [2.45, 2.75) is 58.2 Å². The fourth-order valence-corrected chi connectivity index (χ4v) is 3.51. The van der Waals surface area contributed by atoms with E-state index in [2.05, 4.69) is 12.0 Å². The smallest absolute Gasteiger partial charge is 0.303 e. The van der Waals surface area contributed by atoms with E-state index in [0.717, 1.165) is 37.2 Å². The predicted octanol–water partition coefficient (Wildman–Crippen LogP) is 2.48. The molecule has 0 aromatic carbocycles. The first kappa shape index (κ1) is 18.2. The molecule has 7 nitrogen and oxygen atoms in total. The summed E-state index contributed by atoms with van der Waals surface area (Å²) < 4.78 is 3.92. The van der Waals surface area contributed by atoms with Gasteiger partial charge in [-0.05, 0) is 31.0 Å². The summed E-state index contributed by atoms with van der Waals surface area (Å²) >= 11 is 0. The van der Waals surface area contributed by atoms with Crippen LogP contribution >= 0.6 is 0 Å². The third-order valence-electron chi connectivity index (χ3n) is 4.81. The molecule has 140 valence electrons. The Kier molecular flexibility index (Phi) is 5.75. The number of aryl methyl sites for hydroxylation is 2. The van der Waals surface area contributed by atoms with Crippen LogP contribution in [-0.2, 0) is 29.1 Å². The largest absolute Gasteiger partial charge is 0.481 e. The van der Waals surface area contributed by atoms with E-state index in [1.807, 2.05) is 44.7 Å². The molecule has 0 unspecified atom stereocenters. The Morgan fingerprint density at radius 3 is 2.73 bits per heavy atom. The molecule has 1 N–H and O–H groups in total. The van der Waals surface area contributed by atoms with Crippen LogP contribution < -0.4 is 0 Å². The van der Waals surface area contributed by atoms with Crippen molar-refractivity contribution >= 4 is 11.9 Å². The minimum atomic E-state index is -0.820. The Labute approximate surface area is 153 Å². The fourth-order valence-electron chi connectivity index (χ4n) is 3.51. The van der Waals surface area contributed by atoms with E-state index in [1.54, 1.807) is 0 Å². The molecule has 0 radical (unpaired) electrons. The van der Waals surface area contributed by atoms with Crippen LogP contribution in [0.5, 0.6) is 0 Å². The Balaban J connectivity index is 1.74. The highest BCUT2D eigenvalue weighted by atomic mass is 16.4. The number of carboxylic acid groups (broad SMARTS) is 1. The van der Waals surface area contributed by atoms with Gasteiger partial charge in [-0.1, -0.05) is 13.3 Å². The van der Waals surface area contributed by atoms with Crippen LogP contribution in [-0.4, -0.2) is 42.8 Å². The highest BCUT2D eigenvalue weighted by Crippen LogP contribution is 2.22. The summed E-state index contributed by atoms with van der Waals surface area (Å²) in [5.74, 6) is -0.677. The van der Waals surface area contributed by atoms with Crippen LogP contribution in [0.4, 0.5) is 0 Å². The van der Waals surface area contributed by atoms with Gasteiger partial charge in [0.2, 0.25) is 5.91 Å². The molecular formula is C19H26N4O3. The maximum absolute atomic E-state index is 13.2. The fraction of sp³-hybridized carbons (Fsp3) is 0.526. The Morgan fingerprint density at radius 2 is 2.04 bits per heavy atom. The van der Waals surface area contributed by atoms with Crippen LogP contribution in [0.25, 0.3) is 0 Å². The molecule has 1 aliphatic rings. The average Bonchev–Trinajstić information content (AvgIpc) is 3.23. The molecule has 0 bridgehead atoms. The van der Waals surface area contributed by atoms with E-state index in [1.165, 1.54) is 0 Å². The van der Waals surface area contributed by atoms with E-state index in [-0.39, 0.29) is 18.4 Å². The maximum atomic E-state index is 13.2. The summed E-state index contributed by atoms with van der Waals surface area (Å²) in [4.78, 5) is 25.9. The molecule has 0 saturated carbocycles. The van der Waals surface area contributed by atoms with E-state index in [4.69, 9.17) is 5.11 Å². The van der Waals surface area contributed by atoms with Crippen molar-refractivity contribution in [3.05, 3.63) is 42.0 Å². The van der Waals surface area contributed by atoms with Crippen LogP contribution in [0.3, 0.4) is 0 Å². The number of amides is 1. The van der Waals surface area contributed by atoms with E-state index >= 15 is 0 Å². The second-order valence-electron chi connectivity index (χ2n) is 6.79. The van der Waals surface area contributed by atoms with Crippen LogP contribution in [0, 0.1) is 0 Å². The molecule has 0 fully saturated rings. The Bertz CT molecular complexity index is 751. The van der Waals surface area contributed by atoms with Gasteiger partial charge in [-0.3, -0.25) is 14.3 Å². The summed E-state index contributed by atoms with van der Waals surface area (Å²) in [6, 6.07) is 5.67. The Morgan fingerprint density at radius 1 is 1.27 bits per heavy atom. The summed E-state index contributed by atoms with van der Waals surface area (Å²) in [6.07, 6.45) is 7.00. The molecule has 3 heterocycles. The number of carbonyl (C=O) groups is 2. The SMILES string of the molecule is CCC[C@@H](C(=O)N1CCCn2nc(CCC(=O)O)cc2C1)n1cccc1. The molecule has 1 aliphatic heterocycles. The molecule has 1 atom stereocenters. The number of aromatic nitrogens is 3. The number of carboxylic acids is 1. The van der Waals surface area contributed by atoms with Gasteiger partial charge in [0.05, 0.1) is 24.4 Å². The second-order valence-corrected chi connectivity index (χ2v) is 6.79. The first-order chi connectivity index (χ1) is 12.6. The summed E-state index contributed by atoms with van der Waals surface area (Å²) in [7, 11) is 0. The van der Waals surface area contributed by atoms with Crippen molar-refractivity contribution in [1.82, 2.24) is 19.2 Å². The first-order valence-electron chi connectivity index (χ1n) is 9.27. The van der Waals surface area contributed by atoms with Gasteiger partial charge in [0, 0.05) is 31.9 Å². The Hall–Kier alpha value is -2.57. The third kappa shape index (κ3) is 4.15. The first-order valence-corrected chi connectivity index (χ1v) is 9.27. The highest BCUT2D eigenvalue weighted by Gasteiger charge is 2.27. The number of fused-ring (bicyclic) bond motifs is 1. The van der Waals surface area contributed by atoms with Gasteiger partial charge in [-0.2, -0.15) is 5.10 Å². The van der Waals surface area contributed by atoms with Crippen molar-refractivity contribution in [1.29, 1.82) is 0 Å². The lowest BCUT2D eigenvalue weighted by Crippen LogP contribution is -2.36. The summed E-state index contributed by atoms with van der Waals surface area (Å²) in [6.45, 7) is 4.10. The summed E-state index contributed by atoms with van der Waals surface area (Å²) in [5.41, 5.74) is 1.77. The van der Waals surface area contributed by atoms with E-state index in [0.29, 0.717) is 19.5 Å². The van der Waals surface area contributed by atoms with Crippen molar-refractivity contribution in [2.24, 2.45) is 0 Å². The average molecular weight is 358 g/mol. The van der Waals surface area contributed by atoms with Crippen molar-refractivity contribution in [2.75, 3.05) is 6.54 Å². The van der Waals surface area contributed by atoms with E-state index in [9.17, 15) is 9.59 Å². The normalized spacial score (nSPS) is 15.3. The number of aliphatic carboxylic acids is 1. The molecule has 3 rings (SSSR count). The van der Waals surface area contributed by atoms with Crippen LogP contribution in [0.1, 0.15) is 50.0 Å². The maximum Gasteiger partial charge on any atom is 0.303 e. The van der Waals surface area contributed by atoms with Crippen molar-refractivity contribution in [3.8, 4) is 0 Å². The molecule has 7 heteroatoms. The topological polar surface area (TPSA) is 80.4 Å². The number of hydrogen-bond acceptors (Lipinski definition) is 3. The van der Waals surface area contributed by atoms with Gasteiger partial charge >= 0.3 is 5.97 Å². The lowest BCUT2D eigenvalue weighted by atomic mass is 10.1. The standard InChI is InChI=1S/C19H26N4O3/c1-2-6-17(21-9-3-4-10-21)19(26)22-11-5-12-23-16(14-22)13-15(20-23)7-8-18(24)25/h3-4,9-10,13,17H,2,5-8,11-12,14H2,1H3,(H,24,25)/t17-/m0/s1. The second kappa shape index (κ2) is 8.21. The van der Waals surface area contributed by atoms with E-state index < -0.39 is 5.97 Å². The zero-order valence-electron chi connectivity index (χ0n) is 15.2. The predicted molar refractivity (Wildman–Crippen MR) is 96.6 cm³/mol. The molecule has 2 aromatic rings. The van der Waals surface area contributed by atoms with Crippen molar-refractivity contribution < 1.29 is 14.7 Å². The molecule has 1 amide bonds. The van der Waals surface area contributed by atoms with Gasteiger partial charge < -0.3 is 14.6 Å². The molecular weight excluding hydrogens is 332 g/mol. The quantitative estimate of drug-likeness (QED) is 0.824. The zero-order valence-corrected chi connectivity index (χ0v) is 15.2. The van der Waals surface area contributed by atoms with Gasteiger partial charge in [-0.15, -0.1) is 0 Å². The number of hydrogen-bond donors (Lipinski definition) is 1. The van der Waals surface area contributed by atoms with Crippen LogP contribution in [0.15, 0.2) is 30.6 Å². The highest BCUT2D eigenvalue weighted by molar-refractivity contribution is 5.80. The monoisotopic (exact) mass is 358 g/mol. The summed E-state index contributed by atoms with van der Waals surface area (Å²) in [5, 5.41) is 13.4. The minimum Gasteiger partial charge on any atom is -0.481 e. The number of carbonyl (C=O) groups excluding carboxylic acids is 1. The molecule has 0 saturated heterocycles. The molecule has 2 aromatic heterocycles. The molecule has 0 spiro atoms. The lowest BCUT2D eigenvalue weighted by molar-refractivity contribution is -0.137. The number of rotatable bonds is 7. The van der Waals surface area contributed by atoms with Gasteiger partial charge in [0.15, 0.2) is 0 Å². The third-order valence-corrected chi connectivity index (χ3v) is 4.81. The van der Waals surface area contributed by atoms with Gasteiger partial charge in [0.25, 0.3) is 0 Å². The van der Waals surface area contributed by atoms with Crippen LogP contribution in [0.2, 0.25) is 0 Å². The molecule has 26 heavy (non-hydrogen) atoms. The van der Waals surface area contributed by atoms with Gasteiger partial charge in [0.1, 0.15) is 6.04 Å². The minimum absolute atomic E-state index is 0.0747. The lowest BCUT2D eigenvalue weighted by Gasteiger charge is -2.26. The zero-order chi connectivity index (χ0) is 18.5. The number of nitrogens with zero attached hydrogens (tertiary/aromatic N) is 4. The molecule has 0 aliphatic carbocycles.